The van der Waals surface area contributed by atoms with Crippen molar-refractivity contribution in [3.05, 3.63) is 65.9 Å². The van der Waals surface area contributed by atoms with Gasteiger partial charge in [-0.15, -0.1) is 0 Å². The molecule has 4 rings (SSSR count). The molecule has 4 nitrogen and oxygen atoms in total. The Morgan fingerprint density at radius 3 is 2.71 bits per heavy atom. The number of aromatic nitrogens is 1. The van der Waals surface area contributed by atoms with Crippen LogP contribution in [0.4, 0.5) is 0 Å². The minimum absolute atomic E-state index is 0.219. The number of sulfonamides is 1. The van der Waals surface area contributed by atoms with Gasteiger partial charge < -0.3 is 4.98 Å². The van der Waals surface area contributed by atoms with Crippen LogP contribution in [-0.2, 0) is 10.0 Å². The number of H-pyrrole nitrogens is 1. The standard InChI is InChI=1S/C19H20N2O2S/c1-14-5-4-7-17(11-14)24(22,23)21-10-9-16(13-21)19-12-15-6-2-3-8-18(15)20-19/h2-8,11-12,16,20H,9-10,13H2,1H3. The van der Waals surface area contributed by atoms with Crippen LogP contribution in [0.1, 0.15) is 23.6 Å². The fourth-order valence-electron chi connectivity index (χ4n) is 3.44. The molecule has 0 amide bonds. The summed E-state index contributed by atoms with van der Waals surface area (Å²) in [7, 11) is -3.41. The summed E-state index contributed by atoms with van der Waals surface area (Å²) < 4.78 is 27.3. The lowest BCUT2D eigenvalue weighted by atomic mass is 10.1. The maximum absolute atomic E-state index is 12.9. The second-order valence-electron chi connectivity index (χ2n) is 6.48. The number of aromatic amines is 1. The van der Waals surface area contributed by atoms with E-state index in [0.717, 1.165) is 23.2 Å². The van der Waals surface area contributed by atoms with Gasteiger partial charge in [-0.2, -0.15) is 4.31 Å². The number of hydrogen-bond donors (Lipinski definition) is 1. The summed E-state index contributed by atoms with van der Waals surface area (Å²) in [6.45, 7) is 3.01. The zero-order valence-electron chi connectivity index (χ0n) is 13.6. The molecule has 5 heteroatoms. The Hall–Kier alpha value is -2.11. The second-order valence-corrected chi connectivity index (χ2v) is 8.42. The number of aryl methyl sites for hydroxylation is 1. The maximum Gasteiger partial charge on any atom is 0.243 e. The molecule has 1 aliphatic rings. The normalized spacial score (nSPS) is 19.1. The van der Waals surface area contributed by atoms with Gasteiger partial charge in [-0.1, -0.05) is 30.3 Å². The van der Waals surface area contributed by atoms with E-state index in [2.05, 4.69) is 23.2 Å². The van der Waals surface area contributed by atoms with Crippen molar-refractivity contribution in [2.75, 3.05) is 13.1 Å². The molecule has 1 saturated heterocycles. The maximum atomic E-state index is 12.9. The summed E-state index contributed by atoms with van der Waals surface area (Å²) >= 11 is 0. The summed E-state index contributed by atoms with van der Waals surface area (Å²) in [5, 5.41) is 1.17. The van der Waals surface area contributed by atoms with E-state index >= 15 is 0 Å². The van der Waals surface area contributed by atoms with Crippen molar-refractivity contribution < 1.29 is 8.42 Å². The van der Waals surface area contributed by atoms with Crippen molar-refractivity contribution in [2.45, 2.75) is 24.2 Å². The van der Waals surface area contributed by atoms with Crippen molar-refractivity contribution in [1.82, 2.24) is 9.29 Å². The van der Waals surface area contributed by atoms with E-state index in [0.29, 0.717) is 18.0 Å². The summed E-state index contributed by atoms with van der Waals surface area (Å²) in [6, 6.07) is 17.4. The van der Waals surface area contributed by atoms with Gasteiger partial charge in [0.15, 0.2) is 0 Å². The molecule has 1 aliphatic heterocycles. The zero-order valence-corrected chi connectivity index (χ0v) is 14.4. The minimum Gasteiger partial charge on any atom is -0.358 e. The number of benzene rings is 2. The molecule has 1 aromatic heterocycles. The average Bonchev–Trinajstić information content (AvgIpc) is 3.21. The fourth-order valence-corrected chi connectivity index (χ4v) is 5.05. The fraction of sp³-hybridized carbons (Fsp3) is 0.263. The summed E-state index contributed by atoms with van der Waals surface area (Å²) in [4.78, 5) is 3.83. The van der Waals surface area contributed by atoms with Crippen molar-refractivity contribution in [3.8, 4) is 0 Å². The van der Waals surface area contributed by atoms with E-state index in [-0.39, 0.29) is 5.92 Å². The van der Waals surface area contributed by atoms with Gasteiger partial charge in [0.1, 0.15) is 0 Å². The number of hydrogen-bond acceptors (Lipinski definition) is 2. The van der Waals surface area contributed by atoms with E-state index in [9.17, 15) is 8.42 Å². The molecule has 1 N–H and O–H groups in total. The van der Waals surface area contributed by atoms with Crippen LogP contribution >= 0.6 is 0 Å². The highest BCUT2D eigenvalue weighted by molar-refractivity contribution is 7.89. The first-order valence-corrected chi connectivity index (χ1v) is 9.62. The second kappa shape index (κ2) is 5.76. The number of nitrogens with zero attached hydrogens (tertiary/aromatic N) is 1. The first kappa shape index (κ1) is 15.4. The largest absolute Gasteiger partial charge is 0.358 e. The lowest BCUT2D eigenvalue weighted by Gasteiger charge is -2.16. The van der Waals surface area contributed by atoms with Crippen LogP contribution in [0, 0.1) is 6.92 Å². The molecule has 0 radical (unpaired) electrons. The van der Waals surface area contributed by atoms with E-state index in [1.165, 1.54) is 5.39 Å². The number of rotatable bonds is 3. The van der Waals surface area contributed by atoms with E-state index in [1.807, 2.05) is 25.1 Å². The van der Waals surface area contributed by atoms with Gasteiger partial charge in [-0.05, 0) is 48.6 Å². The van der Waals surface area contributed by atoms with Gasteiger partial charge in [0.2, 0.25) is 10.0 Å². The van der Waals surface area contributed by atoms with Crippen LogP contribution in [0.3, 0.4) is 0 Å². The Labute approximate surface area is 142 Å². The topological polar surface area (TPSA) is 53.2 Å². The third-order valence-corrected chi connectivity index (χ3v) is 6.63. The van der Waals surface area contributed by atoms with E-state index in [4.69, 9.17) is 0 Å². The highest BCUT2D eigenvalue weighted by Crippen LogP contribution is 2.32. The molecule has 2 aromatic carbocycles. The average molecular weight is 340 g/mol. The number of para-hydroxylation sites is 1. The molecular weight excluding hydrogens is 320 g/mol. The quantitative estimate of drug-likeness (QED) is 0.791. The highest BCUT2D eigenvalue weighted by atomic mass is 32.2. The zero-order chi connectivity index (χ0) is 16.7. The first-order chi connectivity index (χ1) is 11.5. The SMILES string of the molecule is Cc1cccc(S(=O)(=O)N2CCC(c3cc4ccccc4[nH]3)C2)c1. The van der Waals surface area contributed by atoms with E-state index in [1.54, 1.807) is 22.5 Å². The van der Waals surface area contributed by atoms with Gasteiger partial charge >= 0.3 is 0 Å². The predicted octanol–water partition coefficient (Wildman–Crippen LogP) is 3.65. The predicted molar refractivity (Wildman–Crippen MR) is 95.6 cm³/mol. The number of fused-ring (bicyclic) bond motifs is 1. The van der Waals surface area contributed by atoms with Crippen LogP contribution < -0.4 is 0 Å². The molecule has 1 atom stereocenters. The van der Waals surface area contributed by atoms with Crippen molar-refractivity contribution in [2.24, 2.45) is 0 Å². The molecule has 3 aromatic rings. The molecule has 0 aliphatic carbocycles. The molecule has 0 bridgehead atoms. The van der Waals surface area contributed by atoms with Gasteiger partial charge in [0, 0.05) is 30.2 Å². The third-order valence-electron chi connectivity index (χ3n) is 4.77. The van der Waals surface area contributed by atoms with Crippen LogP contribution in [0.15, 0.2) is 59.5 Å². The molecule has 1 unspecified atom stereocenters. The van der Waals surface area contributed by atoms with Crippen LogP contribution in [0.2, 0.25) is 0 Å². The van der Waals surface area contributed by atoms with Crippen molar-refractivity contribution in [3.63, 3.8) is 0 Å². The Bertz CT molecular complexity index is 958. The Kier molecular flexibility index (Phi) is 3.70. The van der Waals surface area contributed by atoms with Gasteiger partial charge in [0.25, 0.3) is 0 Å². The lowest BCUT2D eigenvalue weighted by molar-refractivity contribution is 0.472. The molecule has 2 heterocycles. The third kappa shape index (κ3) is 2.64. The van der Waals surface area contributed by atoms with E-state index < -0.39 is 10.0 Å². The number of nitrogens with one attached hydrogen (secondary N) is 1. The first-order valence-electron chi connectivity index (χ1n) is 8.18. The molecular formula is C19H20N2O2S. The lowest BCUT2D eigenvalue weighted by Crippen LogP contribution is -2.28. The van der Waals surface area contributed by atoms with Crippen LogP contribution in [0.5, 0.6) is 0 Å². The Morgan fingerprint density at radius 1 is 1.08 bits per heavy atom. The molecule has 124 valence electrons. The monoisotopic (exact) mass is 340 g/mol. The smallest absolute Gasteiger partial charge is 0.243 e. The highest BCUT2D eigenvalue weighted by Gasteiger charge is 2.33. The van der Waals surface area contributed by atoms with Gasteiger partial charge in [0.05, 0.1) is 4.90 Å². The van der Waals surface area contributed by atoms with Gasteiger partial charge in [-0.3, -0.25) is 0 Å². The van der Waals surface area contributed by atoms with Crippen LogP contribution in [-0.4, -0.2) is 30.8 Å². The van der Waals surface area contributed by atoms with Crippen LogP contribution in [0.25, 0.3) is 10.9 Å². The summed E-state index contributed by atoms with van der Waals surface area (Å²) in [5.41, 5.74) is 3.19. The van der Waals surface area contributed by atoms with Gasteiger partial charge in [-0.25, -0.2) is 8.42 Å². The molecule has 1 fully saturated rings. The molecule has 24 heavy (non-hydrogen) atoms. The van der Waals surface area contributed by atoms with Crippen molar-refractivity contribution in [1.29, 1.82) is 0 Å². The summed E-state index contributed by atoms with van der Waals surface area (Å²) in [5.74, 6) is 0.219. The Balaban J connectivity index is 1.60. The minimum atomic E-state index is -3.41. The molecule has 0 spiro atoms. The molecule has 0 saturated carbocycles. The van der Waals surface area contributed by atoms with Crippen molar-refractivity contribution >= 4 is 20.9 Å². The summed E-state index contributed by atoms with van der Waals surface area (Å²) in [6.07, 6.45) is 0.845. The Morgan fingerprint density at radius 2 is 1.92 bits per heavy atom.